The zero-order valence-electron chi connectivity index (χ0n) is 4.82. The number of aliphatic hydroxyl groups is 1. The molecule has 1 atom stereocenters. The zero-order chi connectivity index (χ0) is 6.69. The van der Waals surface area contributed by atoms with Crippen LogP contribution >= 0.6 is 11.3 Å². The number of rotatable bonds is 2. The molecule has 0 aliphatic carbocycles. The van der Waals surface area contributed by atoms with Gasteiger partial charge < -0.3 is 10.8 Å². The van der Waals surface area contributed by atoms with Gasteiger partial charge in [-0.2, -0.15) is 0 Å². The fourth-order valence-corrected chi connectivity index (χ4v) is 1.13. The predicted octanol–water partition coefficient (Wildman–Crippen LogP) is 0.135. The lowest BCUT2D eigenvalue weighted by molar-refractivity contribution is 0.267. The van der Waals surface area contributed by atoms with E-state index in [0.717, 1.165) is 5.01 Å². The first-order valence-corrected chi connectivity index (χ1v) is 3.48. The SMILES string of the molecule is N[C@H](CO)c1nccs1. The number of nitrogens with two attached hydrogens (primary N) is 1. The minimum absolute atomic E-state index is 0.0342. The Balaban J connectivity index is 2.65. The highest BCUT2D eigenvalue weighted by Gasteiger charge is 2.04. The van der Waals surface area contributed by atoms with Gasteiger partial charge in [-0.05, 0) is 0 Å². The summed E-state index contributed by atoms with van der Waals surface area (Å²) in [7, 11) is 0. The molecule has 50 valence electrons. The first kappa shape index (κ1) is 6.67. The molecule has 0 fully saturated rings. The van der Waals surface area contributed by atoms with Crippen molar-refractivity contribution in [2.45, 2.75) is 6.04 Å². The van der Waals surface area contributed by atoms with Crippen molar-refractivity contribution in [2.24, 2.45) is 5.73 Å². The van der Waals surface area contributed by atoms with E-state index in [1.54, 1.807) is 6.20 Å². The van der Waals surface area contributed by atoms with Crippen LogP contribution in [0.25, 0.3) is 0 Å². The van der Waals surface area contributed by atoms with Crippen LogP contribution in [-0.4, -0.2) is 16.7 Å². The Hall–Kier alpha value is -0.450. The van der Waals surface area contributed by atoms with Crippen LogP contribution < -0.4 is 5.73 Å². The van der Waals surface area contributed by atoms with Crippen molar-refractivity contribution >= 4 is 11.3 Å². The van der Waals surface area contributed by atoms with Gasteiger partial charge in [0.1, 0.15) is 5.01 Å². The van der Waals surface area contributed by atoms with Gasteiger partial charge in [0.15, 0.2) is 0 Å². The fourth-order valence-electron chi connectivity index (χ4n) is 0.496. The molecule has 0 aromatic carbocycles. The van der Waals surface area contributed by atoms with Crippen molar-refractivity contribution < 1.29 is 5.11 Å². The molecule has 0 aliphatic heterocycles. The summed E-state index contributed by atoms with van der Waals surface area (Å²) in [6.45, 7) is -0.0342. The molecule has 0 amide bonds. The van der Waals surface area contributed by atoms with E-state index in [2.05, 4.69) is 4.98 Å². The molecule has 1 aromatic heterocycles. The summed E-state index contributed by atoms with van der Waals surface area (Å²) in [6, 6.07) is -0.301. The summed E-state index contributed by atoms with van der Waals surface area (Å²) in [5.74, 6) is 0. The molecular weight excluding hydrogens is 136 g/mol. The standard InChI is InChI=1S/C5H8N2OS/c6-4(3-8)5-7-1-2-9-5/h1-2,4,8H,3,6H2/t4-/m1/s1. The number of thiazole rings is 1. The molecule has 0 radical (unpaired) electrons. The summed E-state index contributed by atoms with van der Waals surface area (Å²) in [5.41, 5.74) is 5.44. The molecule has 0 saturated heterocycles. The van der Waals surface area contributed by atoms with E-state index >= 15 is 0 Å². The molecule has 0 aliphatic rings. The Bertz CT molecular complexity index is 163. The lowest BCUT2D eigenvalue weighted by atomic mass is 10.4. The van der Waals surface area contributed by atoms with Gasteiger partial charge in [0.25, 0.3) is 0 Å². The van der Waals surface area contributed by atoms with Crippen molar-refractivity contribution in [3.63, 3.8) is 0 Å². The number of aliphatic hydroxyl groups excluding tert-OH is 1. The second-order valence-electron chi connectivity index (χ2n) is 1.66. The minimum atomic E-state index is -0.301. The molecule has 0 bridgehead atoms. The average molecular weight is 144 g/mol. The summed E-state index contributed by atoms with van der Waals surface area (Å²) < 4.78 is 0. The normalized spacial score (nSPS) is 13.6. The van der Waals surface area contributed by atoms with Crippen LogP contribution in [0.2, 0.25) is 0 Å². The third-order valence-electron chi connectivity index (χ3n) is 0.965. The van der Waals surface area contributed by atoms with Crippen LogP contribution in [0, 0.1) is 0 Å². The van der Waals surface area contributed by atoms with Crippen molar-refractivity contribution in [3.8, 4) is 0 Å². The van der Waals surface area contributed by atoms with E-state index in [-0.39, 0.29) is 12.6 Å². The molecule has 3 N–H and O–H groups in total. The summed E-state index contributed by atoms with van der Waals surface area (Å²) >= 11 is 1.46. The van der Waals surface area contributed by atoms with Crippen molar-refractivity contribution in [2.75, 3.05) is 6.61 Å². The van der Waals surface area contributed by atoms with Crippen molar-refractivity contribution in [3.05, 3.63) is 16.6 Å². The maximum atomic E-state index is 8.55. The highest BCUT2D eigenvalue weighted by molar-refractivity contribution is 7.09. The van der Waals surface area contributed by atoms with Crippen molar-refractivity contribution in [1.82, 2.24) is 4.98 Å². The lowest BCUT2D eigenvalue weighted by Gasteiger charge is -2.00. The van der Waals surface area contributed by atoms with Crippen LogP contribution in [0.1, 0.15) is 11.0 Å². The van der Waals surface area contributed by atoms with E-state index in [1.165, 1.54) is 11.3 Å². The highest BCUT2D eigenvalue weighted by Crippen LogP contribution is 2.11. The Morgan fingerprint density at radius 2 is 2.67 bits per heavy atom. The van der Waals surface area contributed by atoms with Crippen molar-refractivity contribution in [1.29, 1.82) is 0 Å². The average Bonchev–Trinajstić information content (AvgIpc) is 2.37. The first-order chi connectivity index (χ1) is 4.34. The molecule has 9 heavy (non-hydrogen) atoms. The largest absolute Gasteiger partial charge is 0.394 e. The van der Waals surface area contributed by atoms with E-state index < -0.39 is 0 Å². The van der Waals surface area contributed by atoms with Gasteiger partial charge in [-0.15, -0.1) is 11.3 Å². The predicted molar refractivity (Wildman–Crippen MR) is 36.1 cm³/mol. The Kier molecular flexibility index (Phi) is 2.16. The monoisotopic (exact) mass is 144 g/mol. The van der Waals surface area contributed by atoms with Crippen LogP contribution in [-0.2, 0) is 0 Å². The first-order valence-electron chi connectivity index (χ1n) is 2.60. The van der Waals surface area contributed by atoms with Gasteiger partial charge in [0.05, 0.1) is 12.6 Å². The minimum Gasteiger partial charge on any atom is -0.394 e. The van der Waals surface area contributed by atoms with Gasteiger partial charge in [0, 0.05) is 11.6 Å². The fraction of sp³-hybridized carbons (Fsp3) is 0.400. The van der Waals surface area contributed by atoms with Crippen LogP contribution in [0.3, 0.4) is 0 Å². The van der Waals surface area contributed by atoms with Gasteiger partial charge in [-0.25, -0.2) is 4.98 Å². The molecule has 0 spiro atoms. The van der Waals surface area contributed by atoms with Crippen LogP contribution in [0.5, 0.6) is 0 Å². The summed E-state index contributed by atoms with van der Waals surface area (Å²) in [6.07, 6.45) is 1.68. The Labute approximate surface area is 57.2 Å². The molecule has 1 aromatic rings. The van der Waals surface area contributed by atoms with E-state index in [4.69, 9.17) is 10.8 Å². The van der Waals surface area contributed by atoms with E-state index in [0.29, 0.717) is 0 Å². The Morgan fingerprint density at radius 3 is 3.11 bits per heavy atom. The van der Waals surface area contributed by atoms with Crippen LogP contribution in [0.4, 0.5) is 0 Å². The van der Waals surface area contributed by atoms with Gasteiger partial charge in [-0.1, -0.05) is 0 Å². The second kappa shape index (κ2) is 2.91. The Morgan fingerprint density at radius 1 is 1.89 bits per heavy atom. The highest BCUT2D eigenvalue weighted by atomic mass is 32.1. The van der Waals surface area contributed by atoms with E-state index in [9.17, 15) is 0 Å². The van der Waals surface area contributed by atoms with Gasteiger partial charge >= 0.3 is 0 Å². The van der Waals surface area contributed by atoms with Gasteiger partial charge in [-0.3, -0.25) is 0 Å². The number of hydrogen-bond donors (Lipinski definition) is 2. The maximum Gasteiger partial charge on any atom is 0.112 e. The third kappa shape index (κ3) is 1.48. The summed E-state index contributed by atoms with van der Waals surface area (Å²) in [4.78, 5) is 3.92. The van der Waals surface area contributed by atoms with E-state index in [1.807, 2.05) is 5.38 Å². The topological polar surface area (TPSA) is 59.1 Å². The molecule has 0 saturated carbocycles. The quantitative estimate of drug-likeness (QED) is 0.620. The molecule has 4 heteroatoms. The summed E-state index contributed by atoms with van der Waals surface area (Å²) in [5, 5.41) is 11.2. The number of hydrogen-bond acceptors (Lipinski definition) is 4. The van der Waals surface area contributed by atoms with Crippen LogP contribution in [0.15, 0.2) is 11.6 Å². The third-order valence-corrected chi connectivity index (χ3v) is 1.87. The number of aromatic nitrogens is 1. The number of nitrogens with zero attached hydrogens (tertiary/aromatic N) is 1. The lowest BCUT2D eigenvalue weighted by Crippen LogP contribution is -2.13. The molecular formula is C5H8N2OS. The molecule has 1 heterocycles. The molecule has 0 unspecified atom stereocenters. The zero-order valence-corrected chi connectivity index (χ0v) is 5.64. The molecule has 1 rings (SSSR count). The second-order valence-corrected chi connectivity index (χ2v) is 2.59. The maximum absolute atomic E-state index is 8.55. The molecule has 3 nitrogen and oxygen atoms in total. The van der Waals surface area contributed by atoms with Gasteiger partial charge in [0.2, 0.25) is 0 Å². The smallest absolute Gasteiger partial charge is 0.112 e.